The second-order valence-electron chi connectivity index (χ2n) is 2.24. The fourth-order valence-corrected chi connectivity index (χ4v) is 0.782. The van der Waals surface area contributed by atoms with Crippen LogP contribution in [0.4, 0.5) is 0 Å². The molecule has 60 valence electrons. The van der Waals surface area contributed by atoms with Gasteiger partial charge in [-0.3, -0.25) is 4.68 Å². The maximum Gasteiger partial charge on any atom is 0.110 e. The second-order valence-corrected chi connectivity index (χ2v) is 2.24. The molecule has 0 atom stereocenters. The van der Waals surface area contributed by atoms with Crippen LogP contribution in [-0.2, 0) is 6.54 Å². The average molecular weight is 153 g/mol. The summed E-state index contributed by atoms with van der Waals surface area (Å²) in [4.78, 5) is 0. The third-order valence-electron chi connectivity index (χ3n) is 1.49. The fraction of sp³-hybridized carbons (Fsp3) is 0.429. The first-order chi connectivity index (χ1) is 5.27. The van der Waals surface area contributed by atoms with E-state index in [9.17, 15) is 0 Å². The maximum atomic E-state index is 8.41. The van der Waals surface area contributed by atoms with Crippen molar-refractivity contribution < 1.29 is 5.21 Å². The first-order valence-electron chi connectivity index (χ1n) is 3.50. The van der Waals surface area contributed by atoms with Crippen LogP contribution >= 0.6 is 0 Å². The molecule has 0 aromatic carbocycles. The molecule has 0 bridgehead atoms. The average Bonchev–Trinajstić information content (AvgIpc) is 2.50. The Morgan fingerprint density at radius 2 is 2.55 bits per heavy atom. The Balaban J connectivity index is 2.89. The molecule has 4 heteroatoms. The summed E-state index contributed by atoms with van der Waals surface area (Å²) in [5, 5.41) is 15.6. The summed E-state index contributed by atoms with van der Waals surface area (Å²) in [6.07, 6.45) is 1.85. The lowest BCUT2D eigenvalue weighted by Crippen LogP contribution is -1.99. The van der Waals surface area contributed by atoms with Crippen LogP contribution < -0.4 is 0 Å². The molecule has 0 aliphatic heterocycles. The van der Waals surface area contributed by atoms with Gasteiger partial charge >= 0.3 is 0 Å². The van der Waals surface area contributed by atoms with E-state index in [1.165, 1.54) is 0 Å². The molecule has 1 aromatic heterocycles. The largest absolute Gasteiger partial charge is 0.411 e. The van der Waals surface area contributed by atoms with Gasteiger partial charge in [0, 0.05) is 12.7 Å². The summed E-state index contributed by atoms with van der Waals surface area (Å²) in [5.74, 6) is 0. The van der Waals surface area contributed by atoms with E-state index >= 15 is 0 Å². The van der Waals surface area contributed by atoms with Gasteiger partial charge in [0.25, 0.3) is 0 Å². The van der Waals surface area contributed by atoms with E-state index in [4.69, 9.17) is 5.21 Å². The Morgan fingerprint density at radius 1 is 1.82 bits per heavy atom. The van der Waals surface area contributed by atoms with Crippen LogP contribution in [0.1, 0.15) is 19.5 Å². The predicted molar refractivity (Wildman–Crippen MR) is 41.9 cm³/mol. The van der Waals surface area contributed by atoms with Crippen molar-refractivity contribution in [1.82, 2.24) is 9.78 Å². The highest BCUT2D eigenvalue weighted by atomic mass is 16.4. The molecular weight excluding hydrogens is 142 g/mol. The van der Waals surface area contributed by atoms with Crippen LogP contribution in [-0.4, -0.2) is 20.7 Å². The van der Waals surface area contributed by atoms with Crippen molar-refractivity contribution in [3.05, 3.63) is 18.0 Å². The van der Waals surface area contributed by atoms with Gasteiger partial charge < -0.3 is 5.21 Å². The highest BCUT2D eigenvalue weighted by Gasteiger charge is 2.00. The van der Waals surface area contributed by atoms with Gasteiger partial charge in [-0.05, 0) is 19.9 Å². The third kappa shape index (κ3) is 1.58. The molecule has 0 saturated carbocycles. The zero-order valence-corrected chi connectivity index (χ0v) is 6.65. The second kappa shape index (κ2) is 3.18. The molecule has 1 aromatic rings. The summed E-state index contributed by atoms with van der Waals surface area (Å²) >= 11 is 0. The molecule has 0 amide bonds. The van der Waals surface area contributed by atoms with Crippen molar-refractivity contribution in [2.24, 2.45) is 5.16 Å². The Morgan fingerprint density at radius 3 is 3.00 bits per heavy atom. The molecule has 0 spiro atoms. The van der Waals surface area contributed by atoms with Gasteiger partial charge in [-0.1, -0.05) is 5.16 Å². The van der Waals surface area contributed by atoms with E-state index in [0.717, 1.165) is 6.54 Å². The highest BCUT2D eigenvalue weighted by molar-refractivity contribution is 5.96. The van der Waals surface area contributed by atoms with Crippen LogP contribution in [0.15, 0.2) is 17.4 Å². The van der Waals surface area contributed by atoms with Crippen molar-refractivity contribution in [3.8, 4) is 0 Å². The highest BCUT2D eigenvalue weighted by Crippen LogP contribution is 1.96. The Bertz CT molecular complexity index is 264. The minimum atomic E-state index is 0.539. The topological polar surface area (TPSA) is 50.4 Å². The lowest BCUT2D eigenvalue weighted by Gasteiger charge is -1.92. The quantitative estimate of drug-likeness (QED) is 0.393. The van der Waals surface area contributed by atoms with Crippen LogP contribution in [0.5, 0.6) is 0 Å². The lowest BCUT2D eigenvalue weighted by atomic mass is 10.3. The van der Waals surface area contributed by atoms with E-state index in [-0.39, 0.29) is 0 Å². The number of aryl methyl sites for hydroxylation is 1. The summed E-state index contributed by atoms with van der Waals surface area (Å²) < 4.78 is 1.78. The van der Waals surface area contributed by atoms with Gasteiger partial charge in [-0.25, -0.2) is 0 Å². The summed E-state index contributed by atoms with van der Waals surface area (Å²) in [5.41, 5.74) is 1.26. The van der Waals surface area contributed by atoms with Gasteiger partial charge in [-0.2, -0.15) is 5.10 Å². The van der Waals surface area contributed by atoms with Gasteiger partial charge in [0.1, 0.15) is 11.4 Å². The monoisotopic (exact) mass is 153 g/mol. The minimum Gasteiger partial charge on any atom is -0.411 e. The summed E-state index contributed by atoms with van der Waals surface area (Å²) in [6.45, 7) is 4.54. The Labute approximate surface area is 65.1 Å². The summed E-state index contributed by atoms with van der Waals surface area (Å²) in [6, 6.07) is 1.82. The zero-order chi connectivity index (χ0) is 8.27. The standard InChI is InChI=1S/C7H11N3O/c1-3-10-5-4-7(8-10)6(2)9-11/h4-5,11H,3H2,1-2H3/b9-6+. The molecule has 0 aliphatic rings. The number of aromatic nitrogens is 2. The van der Waals surface area contributed by atoms with Crippen LogP contribution in [0.2, 0.25) is 0 Å². The van der Waals surface area contributed by atoms with E-state index in [1.807, 2.05) is 19.2 Å². The van der Waals surface area contributed by atoms with Gasteiger partial charge in [0.2, 0.25) is 0 Å². The van der Waals surface area contributed by atoms with E-state index in [2.05, 4.69) is 10.3 Å². The van der Waals surface area contributed by atoms with Crippen molar-refractivity contribution in [2.45, 2.75) is 20.4 Å². The molecule has 11 heavy (non-hydrogen) atoms. The first kappa shape index (κ1) is 7.78. The molecule has 0 saturated heterocycles. The molecule has 1 heterocycles. The first-order valence-corrected chi connectivity index (χ1v) is 3.50. The zero-order valence-electron chi connectivity index (χ0n) is 6.65. The Kier molecular flexibility index (Phi) is 2.25. The normalized spacial score (nSPS) is 12.0. The van der Waals surface area contributed by atoms with Crippen molar-refractivity contribution >= 4 is 5.71 Å². The smallest absolute Gasteiger partial charge is 0.110 e. The van der Waals surface area contributed by atoms with Crippen molar-refractivity contribution in [1.29, 1.82) is 0 Å². The van der Waals surface area contributed by atoms with Crippen molar-refractivity contribution in [3.63, 3.8) is 0 Å². The maximum absolute atomic E-state index is 8.41. The van der Waals surface area contributed by atoms with E-state index in [0.29, 0.717) is 11.4 Å². The SMILES string of the molecule is CCn1ccc(/C(C)=N/O)n1. The van der Waals surface area contributed by atoms with Crippen LogP contribution in [0, 0.1) is 0 Å². The molecule has 0 radical (unpaired) electrons. The van der Waals surface area contributed by atoms with E-state index in [1.54, 1.807) is 11.6 Å². The number of hydrogen-bond acceptors (Lipinski definition) is 3. The summed E-state index contributed by atoms with van der Waals surface area (Å²) in [7, 11) is 0. The van der Waals surface area contributed by atoms with Crippen LogP contribution in [0.3, 0.4) is 0 Å². The van der Waals surface area contributed by atoms with Crippen molar-refractivity contribution in [2.75, 3.05) is 0 Å². The molecule has 1 N–H and O–H groups in total. The fourth-order valence-electron chi connectivity index (χ4n) is 0.782. The number of rotatable bonds is 2. The number of nitrogens with zero attached hydrogens (tertiary/aromatic N) is 3. The minimum absolute atomic E-state index is 0.539. The molecular formula is C7H11N3O. The molecule has 0 unspecified atom stereocenters. The van der Waals surface area contributed by atoms with E-state index < -0.39 is 0 Å². The molecule has 4 nitrogen and oxygen atoms in total. The van der Waals surface area contributed by atoms with Gasteiger partial charge in [0.15, 0.2) is 0 Å². The number of oxime groups is 1. The molecule has 1 rings (SSSR count). The van der Waals surface area contributed by atoms with Gasteiger partial charge in [0.05, 0.1) is 0 Å². The van der Waals surface area contributed by atoms with Gasteiger partial charge in [-0.15, -0.1) is 0 Å². The Hall–Kier alpha value is -1.32. The predicted octanol–water partition coefficient (Wildman–Crippen LogP) is 1.10. The lowest BCUT2D eigenvalue weighted by molar-refractivity contribution is 0.319. The number of hydrogen-bond donors (Lipinski definition) is 1. The van der Waals surface area contributed by atoms with Crippen LogP contribution in [0.25, 0.3) is 0 Å². The molecule has 0 aliphatic carbocycles. The third-order valence-corrected chi connectivity index (χ3v) is 1.49. The molecule has 0 fully saturated rings.